The maximum absolute atomic E-state index is 15.1. The minimum absolute atomic E-state index is 0.343. The largest absolute Gasteiger partial charge is 0.457 e. The van der Waals surface area contributed by atoms with Crippen LogP contribution < -0.4 is 9.47 Å². The molecule has 0 N–H and O–H groups in total. The number of hydrogen-bond acceptors (Lipinski definition) is 3. The molecule has 6 aromatic carbocycles. The number of para-hydroxylation sites is 2. The Morgan fingerprint density at radius 3 is 1.23 bits per heavy atom. The Kier molecular flexibility index (Phi) is 12.2. The zero-order chi connectivity index (χ0) is 37.6. The second-order valence-electron chi connectivity index (χ2n) is 14.3. The standard InChI is InChI=1S/C46H42Br2F2O3/c1-45(2,33-21-23-39(47)41(49)29-33)43(27-31-13-11-19-37(25-31)51-35-15-7-5-8-16-35)53-44(46(3,4)34-22-24-40(48)42(50)30-34)28-32-14-12-20-38(26-32)52-36-17-9-6-10-18-36/h5-26,29-30,43-44H,27-28H2,1-4H3. The fourth-order valence-corrected chi connectivity index (χ4v) is 6.95. The van der Waals surface area contributed by atoms with Crippen molar-refractivity contribution in [3.05, 3.63) is 188 Å². The first kappa shape index (κ1) is 38.4. The van der Waals surface area contributed by atoms with Crippen LogP contribution >= 0.6 is 31.9 Å². The van der Waals surface area contributed by atoms with E-state index in [-0.39, 0.29) is 11.6 Å². The molecule has 2 atom stereocenters. The van der Waals surface area contributed by atoms with E-state index in [0.717, 1.165) is 33.8 Å². The molecule has 0 radical (unpaired) electrons. The fourth-order valence-electron chi connectivity index (χ4n) is 6.46. The molecule has 0 aliphatic carbocycles. The number of ether oxygens (including phenoxy) is 3. The summed E-state index contributed by atoms with van der Waals surface area (Å²) in [5.41, 5.74) is 2.25. The smallest absolute Gasteiger partial charge is 0.137 e. The second kappa shape index (κ2) is 16.8. The van der Waals surface area contributed by atoms with Crippen LogP contribution in [0.3, 0.4) is 0 Å². The van der Waals surface area contributed by atoms with Gasteiger partial charge in [0.1, 0.15) is 34.6 Å². The average molecular weight is 841 g/mol. The van der Waals surface area contributed by atoms with Gasteiger partial charge in [-0.05, 0) is 140 Å². The summed E-state index contributed by atoms with van der Waals surface area (Å²) in [6, 6.07) is 45.8. The Hall–Kier alpha value is -4.30. The zero-order valence-electron chi connectivity index (χ0n) is 30.2. The van der Waals surface area contributed by atoms with Gasteiger partial charge in [0.15, 0.2) is 0 Å². The number of rotatable bonds is 14. The monoisotopic (exact) mass is 838 g/mol. The fraction of sp³-hybridized carbons (Fsp3) is 0.217. The van der Waals surface area contributed by atoms with Crippen molar-refractivity contribution in [2.75, 3.05) is 0 Å². The molecular weight excluding hydrogens is 798 g/mol. The van der Waals surface area contributed by atoms with Gasteiger partial charge < -0.3 is 14.2 Å². The van der Waals surface area contributed by atoms with Gasteiger partial charge >= 0.3 is 0 Å². The molecule has 0 bridgehead atoms. The van der Waals surface area contributed by atoms with Gasteiger partial charge in [-0.1, -0.05) is 100 Å². The Bertz CT molecular complexity index is 1980. The van der Waals surface area contributed by atoms with Crippen LogP contribution in [0.4, 0.5) is 8.78 Å². The van der Waals surface area contributed by atoms with E-state index in [1.165, 1.54) is 0 Å². The van der Waals surface area contributed by atoms with Gasteiger partial charge in [-0.15, -0.1) is 0 Å². The lowest BCUT2D eigenvalue weighted by Crippen LogP contribution is -2.46. The highest BCUT2D eigenvalue weighted by atomic mass is 79.9. The van der Waals surface area contributed by atoms with Crippen molar-refractivity contribution in [1.29, 1.82) is 0 Å². The molecular formula is C46H42Br2F2O3. The highest BCUT2D eigenvalue weighted by Gasteiger charge is 2.40. The SMILES string of the molecule is CC(C)(c1ccc(Br)c(F)c1)C(Cc1cccc(Oc2ccccc2)c1)OC(Cc1cccc(Oc2ccccc2)c1)C(C)(C)c1ccc(Br)c(F)c1. The van der Waals surface area contributed by atoms with Crippen molar-refractivity contribution in [2.24, 2.45) is 0 Å². The topological polar surface area (TPSA) is 27.7 Å². The summed E-state index contributed by atoms with van der Waals surface area (Å²) in [7, 11) is 0. The van der Waals surface area contributed by atoms with Crippen molar-refractivity contribution in [3.63, 3.8) is 0 Å². The summed E-state index contributed by atoms with van der Waals surface area (Å²) in [4.78, 5) is 0. The Labute approximate surface area is 328 Å². The van der Waals surface area contributed by atoms with E-state index >= 15 is 8.78 Å². The summed E-state index contributed by atoms with van der Waals surface area (Å²) in [5.74, 6) is 2.21. The van der Waals surface area contributed by atoms with Crippen molar-refractivity contribution in [3.8, 4) is 23.0 Å². The number of benzene rings is 6. The molecule has 0 aliphatic rings. The van der Waals surface area contributed by atoms with Crippen LogP contribution in [0.15, 0.2) is 155 Å². The molecule has 0 fully saturated rings. The van der Waals surface area contributed by atoms with Crippen LogP contribution in [-0.4, -0.2) is 12.2 Å². The lowest BCUT2D eigenvalue weighted by Gasteiger charge is -2.43. The maximum atomic E-state index is 15.1. The quantitative estimate of drug-likeness (QED) is 0.109. The summed E-state index contributed by atoms with van der Waals surface area (Å²) in [6.45, 7) is 8.34. The normalized spacial score (nSPS) is 13.0. The molecule has 0 amide bonds. The van der Waals surface area contributed by atoms with Crippen molar-refractivity contribution < 1.29 is 23.0 Å². The van der Waals surface area contributed by atoms with Gasteiger partial charge in [0.2, 0.25) is 0 Å². The van der Waals surface area contributed by atoms with Crippen LogP contribution in [-0.2, 0) is 28.4 Å². The molecule has 2 unspecified atom stereocenters. The second-order valence-corrected chi connectivity index (χ2v) is 16.1. The average Bonchev–Trinajstić information content (AvgIpc) is 3.14. The van der Waals surface area contributed by atoms with E-state index in [0.29, 0.717) is 33.3 Å². The van der Waals surface area contributed by atoms with Gasteiger partial charge in [0.25, 0.3) is 0 Å². The predicted octanol–water partition coefficient (Wildman–Crippen LogP) is 13.6. The third-order valence-corrected chi connectivity index (χ3v) is 11.1. The first-order chi connectivity index (χ1) is 25.4. The van der Waals surface area contributed by atoms with Gasteiger partial charge in [-0.25, -0.2) is 8.78 Å². The Balaban J connectivity index is 1.40. The van der Waals surface area contributed by atoms with Crippen LogP contribution in [0, 0.1) is 11.6 Å². The molecule has 6 aromatic rings. The van der Waals surface area contributed by atoms with E-state index in [1.807, 2.05) is 109 Å². The summed E-state index contributed by atoms with van der Waals surface area (Å²) < 4.78 is 50.9. The molecule has 7 heteroatoms. The van der Waals surface area contributed by atoms with Crippen LogP contribution in [0.5, 0.6) is 23.0 Å². The molecule has 0 saturated carbocycles. The summed E-state index contributed by atoms with van der Waals surface area (Å²) in [5, 5.41) is 0. The lowest BCUT2D eigenvalue weighted by atomic mass is 9.74. The minimum atomic E-state index is -0.671. The molecule has 272 valence electrons. The first-order valence-corrected chi connectivity index (χ1v) is 19.2. The molecule has 0 aliphatic heterocycles. The Morgan fingerprint density at radius 1 is 0.472 bits per heavy atom. The van der Waals surface area contributed by atoms with E-state index in [1.54, 1.807) is 24.3 Å². The Morgan fingerprint density at radius 2 is 0.849 bits per heavy atom. The van der Waals surface area contributed by atoms with Crippen molar-refractivity contribution in [1.82, 2.24) is 0 Å². The predicted molar refractivity (Wildman–Crippen MR) is 216 cm³/mol. The van der Waals surface area contributed by atoms with Crippen LogP contribution in [0.25, 0.3) is 0 Å². The highest BCUT2D eigenvalue weighted by Crippen LogP contribution is 2.40. The van der Waals surface area contributed by atoms with Crippen LogP contribution in [0.2, 0.25) is 0 Å². The molecule has 3 nitrogen and oxygen atoms in total. The zero-order valence-corrected chi connectivity index (χ0v) is 33.3. The van der Waals surface area contributed by atoms with E-state index < -0.39 is 23.0 Å². The first-order valence-electron chi connectivity index (χ1n) is 17.6. The highest BCUT2D eigenvalue weighted by molar-refractivity contribution is 9.10. The van der Waals surface area contributed by atoms with Crippen molar-refractivity contribution >= 4 is 31.9 Å². The van der Waals surface area contributed by atoms with Gasteiger partial charge in [0, 0.05) is 10.8 Å². The molecule has 0 heterocycles. The van der Waals surface area contributed by atoms with E-state index in [2.05, 4.69) is 71.7 Å². The minimum Gasteiger partial charge on any atom is -0.457 e. The van der Waals surface area contributed by atoms with Crippen molar-refractivity contribution in [2.45, 2.75) is 63.6 Å². The van der Waals surface area contributed by atoms with Gasteiger partial charge in [0.05, 0.1) is 21.2 Å². The lowest BCUT2D eigenvalue weighted by molar-refractivity contribution is -0.0753. The van der Waals surface area contributed by atoms with Gasteiger partial charge in [-0.2, -0.15) is 0 Å². The number of halogens is 4. The summed E-state index contributed by atoms with van der Waals surface area (Å²) in [6.07, 6.45) is 0.0799. The molecule has 6 rings (SSSR count). The third-order valence-electron chi connectivity index (χ3n) is 9.86. The number of hydrogen-bond donors (Lipinski definition) is 0. The third kappa shape index (κ3) is 9.63. The van der Waals surface area contributed by atoms with Gasteiger partial charge in [-0.3, -0.25) is 0 Å². The molecule has 0 aromatic heterocycles. The molecule has 0 spiro atoms. The maximum Gasteiger partial charge on any atom is 0.137 e. The molecule has 53 heavy (non-hydrogen) atoms. The van der Waals surface area contributed by atoms with E-state index in [4.69, 9.17) is 14.2 Å². The molecule has 0 saturated heterocycles. The van der Waals surface area contributed by atoms with E-state index in [9.17, 15) is 0 Å². The summed E-state index contributed by atoms with van der Waals surface area (Å²) >= 11 is 6.65. The van der Waals surface area contributed by atoms with Crippen LogP contribution in [0.1, 0.15) is 49.9 Å².